The van der Waals surface area contributed by atoms with Gasteiger partial charge in [0.05, 0.1) is 12.6 Å². The first-order chi connectivity index (χ1) is 13.2. The summed E-state index contributed by atoms with van der Waals surface area (Å²) in [5.41, 5.74) is 4.07. The van der Waals surface area contributed by atoms with Crippen molar-refractivity contribution >= 4 is 11.6 Å². The van der Waals surface area contributed by atoms with Crippen LogP contribution in [0.2, 0.25) is 0 Å². The van der Waals surface area contributed by atoms with Gasteiger partial charge < -0.3 is 20.5 Å². The molecule has 5 heteroatoms. The fraction of sp³-hybridized carbons (Fsp3) is 0.318. The molecule has 1 aliphatic carbocycles. The van der Waals surface area contributed by atoms with Crippen LogP contribution in [-0.2, 0) is 4.74 Å². The molecule has 0 bridgehead atoms. The summed E-state index contributed by atoms with van der Waals surface area (Å²) in [6.07, 6.45) is 5.47. The SMILES string of the molecule is COCCNC(=O)c1ccc2c(c1)C1C=CCC1C(c1ccc(O)cc1)N2. The van der Waals surface area contributed by atoms with Crippen LogP contribution in [0.1, 0.15) is 39.9 Å². The summed E-state index contributed by atoms with van der Waals surface area (Å²) in [6, 6.07) is 13.5. The van der Waals surface area contributed by atoms with Crippen molar-refractivity contribution in [2.45, 2.75) is 18.4 Å². The highest BCUT2D eigenvalue weighted by Crippen LogP contribution is 2.50. The number of phenolic OH excluding ortho intramolecular Hbond substituents is 1. The van der Waals surface area contributed by atoms with Gasteiger partial charge in [-0.25, -0.2) is 0 Å². The van der Waals surface area contributed by atoms with E-state index >= 15 is 0 Å². The van der Waals surface area contributed by atoms with Crippen LogP contribution in [0.5, 0.6) is 5.75 Å². The Balaban J connectivity index is 1.61. The van der Waals surface area contributed by atoms with E-state index in [2.05, 4.69) is 22.8 Å². The van der Waals surface area contributed by atoms with Crippen molar-refractivity contribution in [1.82, 2.24) is 5.32 Å². The molecule has 0 fully saturated rings. The number of aromatic hydroxyl groups is 1. The molecule has 0 saturated carbocycles. The molecule has 0 aromatic heterocycles. The fourth-order valence-corrected chi connectivity index (χ4v) is 4.12. The predicted molar refractivity (Wildman–Crippen MR) is 105 cm³/mol. The molecular formula is C22H24N2O3. The Morgan fingerprint density at radius 2 is 2.07 bits per heavy atom. The number of nitrogens with one attached hydrogen (secondary N) is 2. The van der Waals surface area contributed by atoms with E-state index in [9.17, 15) is 9.90 Å². The maximum Gasteiger partial charge on any atom is 0.251 e. The van der Waals surface area contributed by atoms with E-state index in [1.807, 2.05) is 30.3 Å². The van der Waals surface area contributed by atoms with Gasteiger partial charge in [-0.2, -0.15) is 0 Å². The van der Waals surface area contributed by atoms with Crippen LogP contribution < -0.4 is 10.6 Å². The first-order valence-corrected chi connectivity index (χ1v) is 9.30. The highest BCUT2D eigenvalue weighted by Gasteiger charge is 2.38. The Morgan fingerprint density at radius 1 is 1.26 bits per heavy atom. The molecule has 0 radical (unpaired) electrons. The van der Waals surface area contributed by atoms with Gasteiger partial charge in [-0.05, 0) is 53.8 Å². The molecule has 1 heterocycles. The molecule has 1 amide bonds. The Hall–Kier alpha value is -2.79. The minimum atomic E-state index is -0.0750. The third-order valence-electron chi connectivity index (χ3n) is 5.47. The Labute approximate surface area is 159 Å². The molecule has 3 N–H and O–H groups in total. The van der Waals surface area contributed by atoms with Gasteiger partial charge in [0.2, 0.25) is 0 Å². The topological polar surface area (TPSA) is 70.6 Å². The lowest BCUT2D eigenvalue weighted by Gasteiger charge is -2.37. The summed E-state index contributed by atoms with van der Waals surface area (Å²) in [5, 5.41) is 16.1. The van der Waals surface area contributed by atoms with Crippen LogP contribution in [0.25, 0.3) is 0 Å². The smallest absolute Gasteiger partial charge is 0.251 e. The molecule has 5 nitrogen and oxygen atoms in total. The van der Waals surface area contributed by atoms with Crippen LogP contribution in [0.15, 0.2) is 54.6 Å². The standard InChI is InChI=1S/C22H24N2O3/c1-27-12-11-23-22(26)15-7-10-20-19(13-15)17-3-2-4-18(17)21(24-20)14-5-8-16(25)9-6-14/h2-3,5-10,13,17-18,21,24-25H,4,11-12H2,1H3,(H,23,26). The molecule has 140 valence electrons. The molecule has 4 rings (SSSR count). The number of hydrogen-bond donors (Lipinski definition) is 3. The fourth-order valence-electron chi connectivity index (χ4n) is 4.12. The number of fused-ring (bicyclic) bond motifs is 3. The number of rotatable bonds is 5. The maximum absolute atomic E-state index is 12.4. The lowest BCUT2D eigenvalue weighted by molar-refractivity contribution is 0.0937. The molecular weight excluding hydrogens is 340 g/mol. The van der Waals surface area contributed by atoms with Gasteiger partial charge in [0.15, 0.2) is 0 Å². The van der Waals surface area contributed by atoms with Crippen LogP contribution >= 0.6 is 0 Å². The summed E-state index contributed by atoms with van der Waals surface area (Å²) < 4.78 is 4.99. The average Bonchev–Trinajstić information content (AvgIpc) is 3.18. The number of hydrogen-bond acceptors (Lipinski definition) is 4. The Kier molecular flexibility index (Phi) is 4.86. The van der Waals surface area contributed by atoms with Gasteiger partial charge in [-0.15, -0.1) is 0 Å². The monoisotopic (exact) mass is 364 g/mol. The molecule has 2 aliphatic rings. The van der Waals surface area contributed by atoms with Crippen molar-refractivity contribution in [3.63, 3.8) is 0 Å². The zero-order valence-electron chi connectivity index (χ0n) is 15.3. The van der Waals surface area contributed by atoms with E-state index in [1.165, 1.54) is 11.1 Å². The van der Waals surface area contributed by atoms with E-state index in [0.717, 1.165) is 12.1 Å². The zero-order valence-corrected chi connectivity index (χ0v) is 15.3. The Bertz CT molecular complexity index is 860. The Morgan fingerprint density at radius 3 is 2.85 bits per heavy atom. The second-order valence-electron chi connectivity index (χ2n) is 7.12. The molecule has 0 spiro atoms. The lowest BCUT2D eigenvalue weighted by atomic mass is 9.76. The van der Waals surface area contributed by atoms with Gasteiger partial charge in [-0.3, -0.25) is 4.79 Å². The highest BCUT2D eigenvalue weighted by molar-refractivity contribution is 5.95. The largest absolute Gasteiger partial charge is 0.508 e. The van der Waals surface area contributed by atoms with Gasteiger partial charge in [-0.1, -0.05) is 24.3 Å². The van der Waals surface area contributed by atoms with Gasteiger partial charge in [0.25, 0.3) is 5.91 Å². The van der Waals surface area contributed by atoms with Crippen LogP contribution in [0.3, 0.4) is 0 Å². The first-order valence-electron chi connectivity index (χ1n) is 9.30. The quantitative estimate of drug-likeness (QED) is 0.560. The van der Waals surface area contributed by atoms with Crippen molar-refractivity contribution in [2.24, 2.45) is 5.92 Å². The summed E-state index contributed by atoms with van der Waals surface area (Å²) in [7, 11) is 1.62. The normalized spacial score (nSPS) is 22.6. The molecule has 0 saturated heterocycles. The van der Waals surface area contributed by atoms with Crippen molar-refractivity contribution in [1.29, 1.82) is 0 Å². The minimum Gasteiger partial charge on any atom is -0.508 e. The average molecular weight is 364 g/mol. The van der Waals surface area contributed by atoms with E-state index in [1.54, 1.807) is 19.2 Å². The molecule has 3 atom stereocenters. The van der Waals surface area contributed by atoms with E-state index in [4.69, 9.17) is 4.74 Å². The molecule has 2 aromatic rings. The third kappa shape index (κ3) is 3.43. The zero-order chi connectivity index (χ0) is 18.8. The van der Waals surface area contributed by atoms with Crippen LogP contribution in [0, 0.1) is 5.92 Å². The van der Waals surface area contributed by atoms with Crippen LogP contribution in [0.4, 0.5) is 5.69 Å². The highest BCUT2D eigenvalue weighted by atomic mass is 16.5. The predicted octanol–water partition coefficient (Wildman–Crippen LogP) is 3.59. The van der Waals surface area contributed by atoms with Gasteiger partial charge in [0.1, 0.15) is 5.75 Å². The van der Waals surface area contributed by atoms with Crippen molar-refractivity contribution in [3.05, 3.63) is 71.3 Å². The second-order valence-corrected chi connectivity index (χ2v) is 7.12. The summed E-state index contributed by atoms with van der Waals surface area (Å²) in [5.74, 6) is 0.884. The number of anilines is 1. The molecule has 27 heavy (non-hydrogen) atoms. The van der Waals surface area contributed by atoms with Gasteiger partial charge in [0, 0.05) is 30.8 Å². The van der Waals surface area contributed by atoms with E-state index in [0.29, 0.717) is 24.6 Å². The lowest BCUT2D eigenvalue weighted by Crippen LogP contribution is -2.30. The molecule has 3 unspecified atom stereocenters. The van der Waals surface area contributed by atoms with E-state index < -0.39 is 0 Å². The maximum atomic E-state index is 12.4. The molecule has 2 aromatic carbocycles. The summed E-state index contributed by atoms with van der Waals surface area (Å²) in [4.78, 5) is 12.4. The number of allylic oxidation sites excluding steroid dienone is 2. The third-order valence-corrected chi connectivity index (χ3v) is 5.47. The number of phenols is 1. The number of ether oxygens (including phenoxy) is 1. The van der Waals surface area contributed by atoms with Crippen molar-refractivity contribution < 1.29 is 14.6 Å². The summed E-state index contributed by atoms with van der Waals surface area (Å²) >= 11 is 0. The number of benzene rings is 2. The minimum absolute atomic E-state index is 0.0750. The molecule has 1 aliphatic heterocycles. The first kappa shape index (κ1) is 17.6. The number of amides is 1. The van der Waals surface area contributed by atoms with Crippen molar-refractivity contribution in [2.75, 3.05) is 25.6 Å². The number of carbonyl (C=O) groups excluding carboxylic acids is 1. The number of carbonyl (C=O) groups is 1. The van der Waals surface area contributed by atoms with Gasteiger partial charge >= 0.3 is 0 Å². The number of methoxy groups -OCH3 is 1. The van der Waals surface area contributed by atoms with Crippen molar-refractivity contribution in [3.8, 4) is 5.75 Å². The second kappa shape index (κ2) is 7.45. The summed E-state index contributed by atoms with van der Waals surface area (Å²) in [6.45, 7) is 1.000. The van der Waals surface area contributed by atoms with Crippen LogP contribution in [-0.4, -0.2) is 31.3 Å². The van der Waals surface area contributed by atoms with E-state index in [-0.39, 0.29) is 23.6 Å².